The summed E-state index contributed by atoms with van der Waals surface area (Å²) in [6.45, 7) is 10.3. The highest BCUT2D eigenvalue weighted by atomic mass is 16.6. The average molecular weight is 1010 g/mol. The van der Waals surface area contributed by atoms with Crippen molar-refractivity contribution in [1.29, 1.82) is 0 Å². The molecule has 19 heteroatoms. The van der Waals surface area contributed by atoms with E-state index in [4.69, 9.17) is 129 Å². The maximum atomic E-state index is 6.70. The van der Waals surface area contributed by atoms with Gasteiger partial charge in [-0.15, -0.1) is 38.5 Å². The summed E-state index contributed by atoms with van der Waals surface area (Å²) in [5.41, 5.74) is -1.67. The molecule has 0 saturated carbocycles. The highest BCUT2D eigenvalue weighted by molar-refractivity contribution is 4.86. The summed E-state index contributed by atoms with van der Waals surface area (Å²) < 4.78 is 110. The molecule has 0 aromatic carbocycles. The molecule has 0 rings (SSSR count). The fraction of sp³-hybridized carbons (Fsp3) is 0.769. The topological polar surface area (TPSA) is 175 Å². The molecule has 0 atom stereocenters. The Hall–Kier alpha value is -3.40. The second-order valence-corrected chi connectivity index (χ2v) is 15.0. The molecular weight excluding hydrogens is 929 g/mol. The van der Waals surface area contributed by atoms with Crippen LogP contribution in [0.25, 0.3) is 0 Å². The van der Waals surface area contributed by atoms with Gasteiger partial charge in [-0.1, -0.05) is 35.5 Å². The van der Waals surface area contributed by atoms with Crippen LogP contribution in [0.3, 0.4) is 0 Å². The molecule has 0 aliphatic heterocycles. The maximum absolute atomic E-state index is 6.70. The van der Waals surface area contributed by atoms with Crippen LogP contribution in [0.2, 0.25) is 0 Å². The lowest BCUT2D eigenvalue weighted by atomic mass is 9.90. The zero-order chi connectivity index (χ0) is 51.5. The molecule has 71 heavy (non-hydrogen) atoms. The first-order valence-electron chi connectivity index (χ1n) is 23.7. The van der Waals surface area contributed by atoms with Crippen LogP contribution in [0.15, 0.2) is 0 Å². The van der Waals surface area contributed by atoms with Gasteiger partial charge in [-0.05, 0) is 0 Å². The highest BCUT2D eigenvalue weighted by Crippen LogP contribution is 2.26. The van der Waals surface area contributed by atoms with Crippen LogP contribution in [-0.2, 0) is 90.0 Å². The lowest BCUT2D eigenvalue weighted by Crippen LogP contribution is -2.46. The van der Waals surface area contributed by atoms with Gasteiger partial charge in [0, 0.05) is 0 Å². The van der Waals surface area contributed by atoms with E-state index in [1.54, 1.807) is 0 Å². The Morgan fingerprint density at radius 1 is 0.169 bits per heavy atom. The van der Waals surface area contributed by atoms with Gasteiger partial charge in [-0.3, -0.25) is 0 Å². The lowest BCUT2D eigenvalue weighted by molar-refractivity contribution is -0.151. The Balaban J connectivity index is 6.34. The molecule has 0 aromatic heterocycles. The number of ether oxygens (including phenoxy) is 19. The molecule has 0 amide bonds. The van der Waals surface area contributed by atoms with Crippen molar-refractivity contribution < 1.29 is 90.0 Å². The molecule has 0 spiro atoms. The fourth-order valence-electron chi connectivity index (χ4n) is 5.53. The Kier molecular flexibility index (Phi) is 53.2. The van der Waals surface area contributed by atoms with E-state index in [9.17, 15) is 0 Å². The van der Waals surface area contributed by atoms with Crippen LogP contribution in [0.5, 0.6) is 0 Å². The number of hydrogen-bond donors (Lipinski definition) is 0. The minimum Gasteiger partial charge on any atom is -0.380 e. The first-order chi connectivity index (χ1) is 35.1. The number of rotatable bonds is 58. The highest BCUT2D eigenvalue weighted by Gasteiger charge is 2.37. The monoisotopic (exact) mass is 1010 g/mol. The Morgan fingerprint density at radius 2 is 0.296 bits per heavy atom. The van der Waals surface area contributed by atoms with E-state index >= 15 is 0 Å². The molecule has 19 nitrogen and oxygen atoms in total. The SMILES string of the molecule is C#CCOCCOCCOCC(COCCOCCOCC#C)(COCCOCCOCC#C)COCC(COCCOCCOCC#C)(COCCOCCOCC#C)COCCOCCOCC#C. The summed E-state index contributed by atoms with van der Waals surface area (Å²) in [4.78, 5) is 0. The lowest BCUT2D eigenvalue weighted by Gasteiger charge is -2.37. The van der Waals surface area contributed by atoms with Crippen molar-refractivity contribution in [3.8, 4) is 74.1 Å². The van der Waals surface area contributed by atoms with Crippen molar-refractivity contribution in [3.05, 3.63) is 0 Å². The number of terminal acetylenes is 6. The molecule has 0 aliphatic carbocycles. The van der Waals surface area contributed by atoms with Crippen LogP contribution >= 0.6 is 0 Å². The fourth-order valence-corrected chi connectivity index (χ4v) is 5.53. The molecule has 0 fully saturated rings. The molecule has 0 radical (unpaired) electrons. The first-order valence-corrected chi connectivity index (χ1v) is 23.7. The predicted molar refractivity (Wildman–Crippen MR) is 263 cm³/mol. The molecule has 0 aliphatic rings. The van der Waals surface area contributed by atoms with Gasteiger partial charge in [0.05, 0.1) is 222 Å². The van der Waals surface area contributed by atoms with Crippen molar-refractivity contribution in [3.63, 3.8) is 0 Å². The average Bonchev–Trinajstić information content (AvgIpc) is 3.38. The van der Waals surface area contributed by atoms with Gasteiger partial charge in [-0.25, -0.2) is 0 Å². The van der Waals surface area contributed by atoms with Crippen LogP contribution < -0.4 is 0 Å². The van der Waals surface area contributed by atoms with E-state index in [-0.39, 0.29) is 132 Å². The summed E-state index contributed by atoms with van der Waals surface area (Å²) in [6, 6.07) is 0. The summed E-state index contributed by atoms with van der Waals surface area (Å²) in [7, 11) is 0. The van der Waals surface area contributed by atoms with Crippen LogP contribution in [-0.4, -0.2) is 251 Å². The van der Waals surface area contributed by atoms with Gasteiger partial charge in [0.2, 0.25) is 0 Å². The van der Waals surface area contributed by atoms with Gasteiger partial charge in [0.15, 0.2) is 0 Å². The van der Waals surface area contributed by atoms with Crippen molar-refractivity contribution in [2.24, 2.45) is 10.8 Å². The van der Waals surface area contributed by atoms with Crippen molar-refractivity contribution in [1.82, 2.24) is 0 Å². The Morgan fingerprint density at radius 3 is 0.451 bits per heavy atom. The van der Waals surface area contributed by atoms with E-state index in [2.05, 4.69) is 35.5 Å². The van der Waals surface area contributed by atoms with Crippen molar-refractivity contribution in [2.45, 2.75) is 0 Å². The van der Waals surface area contributed by atoms with E-state index in [1.807, 2.05) is 0 Å². The summed E-state index contributed by atoms with van der Waals surface area (Å²) in [5.74, 6) is 14.6. The minimum atomic E-state index is -0.837. The first kappa shape index (κ1) is 67.6. The zero-order valence-corrected chi connectivity index (χ0v) is 42.1. The maximum Gasteiger partial charge on any atom is 0.107 e. The molecule has 404 valence electrons. The van der Waals surface area contributed by atoms with Crippen molar-refractivity contribution in [2.75, 3.05) is 251 Å². The molecule has 0 aromatic rings. The zero-order valence-electron chi connectivity index (χ0n) is 42.1. The smallest absolute Gasteiger partial charge is 0.107 e. The third-order valence-corrected chi connectivity index (χ3v) is 8.84. The summed E-state index contributed by atoms with van der Waals surface area (Å²) in [5, 5.41) is 0. The van der Waals surface area contributed by atoms with Crippen LogP contribution in [0.4, 0.5) is 0 Å². The second kappa shape index (κ2) is 55.9. The van der Waals surface area contributed by atoms with Gasteiger partial charge < -0.3 is 90.0 Å². The molecule has 0 saturated heterocycles. The quantitative estimate of drug-likeness (QED) is 0.0625. The second-order valence-electron chi connectivity index (χ2n) is 15.0. The van der Waals surface area contributed by atoms with Crippen LogP contribution in [0, 0.1) is 84.9 Å². The molecule has 0 N–H and O–H groups in total. The predicted octanol–water partition coefficient (Wildman–Crippen LogP) is 1.07. The molecular formula is C52H82O19. The van der Waals surface area contributed by atoms with Gasteiger partial charge in [0.25, 0.3) is 0 Å². The molecule has 0 unspecified atom stereocenters. The van der Waals surface area contributed by atoms with Crippen molar-refractivity contribution >= 4 is 0 Å². The van der Waals surface area contributed by atoms with E-state index in [0.717, 1.165) is 0 Å². The minimum absolute atomic E-state index is 0.124. The standard InChI is InChI=1S/C52H82O19/c1-7-13-53-19-25-59-31-37-65-43-51(44-66-38-32-60-26-20-54-14-8-2,45-67-39-33-61-27-21-55-15-9-3)49-71-50-52(46-68-40-34-62-28-22-56-16-10-4,47-69-41-35-63-29-23-57-17-11-5)48-70-42-36-64-30-24-58-18-12-6/h1-6H,13-50H2. The largest absolute Gasteiger partial charge is 0.380 e. The third kappa shape index (κ3) is 47.4. The Labute approximate surface area is 425 Å². The Bertz CT molecular complexity index is 1150. The van der Waals surface area contributed by atoms with Gasteiger partial charge >= 0.3 is 0 Å². The van der Waals surface area contributed by atoms with E-state index in [0.29, 0.717) is 119 Å². The normalized spacial score (nSPS) is 11.4. The summed E-state index contributed by atoms with van der Waals surface area (Å²) in [6.07, 6.45) is 31.6. The van der Waals surface area contributed by atoms with Crippen LogP contribution in [0.1, 0.15) is 0 Å². The molecule has 0 heterocycles. The number of hydrogen-bond acceptors (Lipinski definition) is 19. The van der Waals surface area contributed by atoms with Gasteiger partial charge in [0.1, 0.15) is 39.6 Å². The van der Waals surface area contributed by atoms with E-state index in [1.165, 1.54) is 0 Å². The van der Waals surface area contributed by atoms with E-state index < -0.39 is 10.8 Å². The van der Waals surface area contributed by atoms with Gasteiger partial charge in [-0.2, -0.15) is 0 Å². The molecule has 0 bridgehead atoms. The summed E-state index contributed by atoms with van der Waals surface area (Å²) >= 11 is 0. The third-order valence-electron chi connectivity index (χ3n) is 8.84.